The third-order valence-electron chi connectivity index (χ3n) is 3.42. The number of aryl methyl sites for hydroxylation is 2. The molecule has 1 atom stereocenters. The summed E-state index contributed by atoms with van der Waals surface area (Å²) in [4.78, 5) is 0. The van der Waals surface area contributed by atoms with Gasteiger partial charge in [-0.1, -0.05) is 24.6 Å². The summed E-state index contributed by atoms with van der Waals surface area (Å²) in [5.74, 6) is 0.683. The number of rotatable bonds is 5. The number of aromatic nitrogens is 2. The Hall–Kier alpha value is -1.52. The zero-order chi connectivity index (χ0) is 14.7. The van der Waals surface area contributed by atoms with Crippen molar-refractivity contribution >= 4 is 11.6 Å². The van der Waals surface area contributed by atoms with Crippen LogP contribution in [0.1, 0.15) is 29.9 Å². The summed E-state index contributed by atoms with van der Waals surface area (Å²) in [6.45, 7) is 2.10. The quantitative estimate of drug-likeness (QED) is 0.921. The molecule has 5 heteroatoms. The van der Waals surface area contributed by atoms with Crippen LogP contribution >= 0.6 is 11.6 Å². The maximum absolute atomic E-state index is 6.09. The molecule has 1 aromatic carbocycles. The van der Waals surface area contributed by atoms with Crippen molar-refractivity contribution in [2.45, 2.75) is 19.4 Å². The molecule has 0 aliphatic heterocycles. The van der Waals surface area contributed by atoms with Gasteiger partial charge in [0, 0.05) is 7.05 Å². The van der Waals surface area contributed by atoms with Crippen molar-refractivity contribution in [2.75, 3.05) is 14.2 Å². The molecule has 4 nitrogen and oxygen atoms in total. The summed E-state index contributed by atoms with van der Waals surface area (Å²) >= 11 is 6.09. The Morgan fingerprint density at radius 3 is 2.70 bits per heavy atom. The largest absolute Gasteiger partial charge is 0.495 e. The fourth-order valence-electron chi connectivity index (χ4n) is 2.33. The van der Waals surface area contributed by atoms with E-state index in [-0.39, 0.29) is 6.04 Å². The highest BCUT2D eigenvalue weighted by atomic mass is 35.5. The van der Waals surface area contributed by atoms with Gasteiger partial charge in [0.1, 0.15) is 5.75 Å². The second-order valence-electron chi connectivity index (χ2n) is 4.65. The summed E-state index contributed by atoms with van der Waals surface area (Å²) in [5, 5.41) is 8.44. The smallest absolute Gasteiger partial charge is 0.137 e. The summed E-state index contributed by atoms with van der Waals surface area (Å²) in [7, 11) is 5.52. The predicted molar refractivity (Wildman–Crippen MR) is 81.5 cm³/mol. The summed E-state index contributed by atoms with van der Waals surface area (Å²) in [6.07, 6.45) is 0.925. The molecule has 2 rings (SSSR count). The first-order chi connectivity index (χ1) is 9.60. The standard InChI is InChI=1S/C15H20ClN3O/c1-5-11-9-13(19(3)18-11)15(17-2)10-6-7-12(16)14(8-10)20-4/h6-9,15,17H,5H2,1-4H3. The van der Waals surface area contributed by atoms with Crippen LogP contribution in [0, 0.1) is 0 Å². The molecule has 0 aliphatic carbocycles. The minimum absolute atomic E-state index is 0.0546. The lowest BCUT2D eigenvalue weighted by Gasteiger charge is -2.18. The molecular weight excluding hydrogens is 274 g/mol. The zero-order valence-corrected chi connectivity index (χ0v) is 13.0. The van der Waals surface area contributed by atoms with E-state index < -0.39 is 0 Å². The lowest BCUT2D eigenvalue weighted by atomic mass is 10.0. The molecule has 1 aromatic heterocycles. The Balaban J connectivity index is 2.43. The minimum Gasteiger partial charge on any atom is -0.495 e. The highest BCUT2D eigenvalue weighted by Gasteiger charge is 2.18. The molecule has 2 aromatic rings. The molecule has 1 unspecified atom stereocenters. The molecule has 0 fully saturated rings. The number of methoxy groups -OCH3 is 1. The first kappa shape index (κ1) is 14.9. The number of hydrogen-bond donors (Lipinski definition) is 1. The van der Waals surface area contributed by atoms with Crippen molar-refractivity contribution in [3.8, 4) is 5.75 Å². The van der Waals surface area contributed by atoms with Gasteiger partial charge in [0.2, 0.25) is 0 Å². The molecule has 0 amide bonds. The molecular formula is C15H20ClN3O. The van der Waals surface area contributed by atoms with Gasteiger partial charge in [0.25, 0.3) is 0 Å². The van der Waals surface area contributed by atoms with E-state index in [0.717, 1.165) is 23.4 Å². The molecule has 1 N–H and O–H groups in total. The number of benzene rings is 1. The van der Waals surface area contributed by atoms with Crippen LogP contribution in [-0.4, -0.2) is 23.9 Å². The predicted octanol–water partition coefficient (Wildman–Crippen LogP) is 2.95. The van der Waals surface area contributed by atoms with Gasteiger partial charge >= 0.3 is 0 Å². The zero-order valence-electron chi connectivity index (χ0n) is 12.3. The van der Waals surface area contributed by atoms with E-state index in [4.69, 9.17) is 16.3 Å². The molecule has 108 valence electrons. The third-order valence-corrected chi connectivity index (χ3v) is 3.73. The van der Waals surface area contributed by atoms with E-state index in [1.807, 2.05) is 37.0 Å². The van der Waals surface area contributed by atoms with Crippen LogP contribution in [0.5, 0.6) is 5.75 Å². The summed E-state index contributed by atoms with van der Waals surface area (Å²) in [6, 6.07) is 8.01. The van der Waals surface area contributed by atoms with Gasteiger partial charge in [0.05, 0.1) is 29.6 Å². The number of nitrogens with zero attached hydrogens (tertiary/aromatic N) is 2. The van der Waals surface area contributed by atoms with Crippen LogP contribution in [0.2, 0.25) is 5.02 Å². The van der Waals surface area contributed by atoms with Crippen LogP contribution in [0.15, 0.2) is 24.3 Å². The highest BCUT2D eigenvalue weighted by Crippen LogP contribution is 2.30. The minimum atomic E-state index is 0.0546. The Kier molecular flexibility index (Phi) is 4.68. The van der Waals surface area contributed by atoms with Gasteiger partial charge in [-0.05, 0) is 37.2 Å². The van der Waals surface area contributed by atoms with Crippen LogP contribution in [-0.2, 0) is 13.5 Å². The van der Waals surface area contributed by atoms with Gasteiger partial charge in [-0.2, -0.15) is 5.10 Å². The molecule has 0 bridgehead atoms. The second kappa shape index (κ2) is 6.29. The van der Waals surface area contributed by atoms with Gasteiger partial charge in [0.15, 0.2) is 0 Å². The van der Waals surface area contributed by atoms with Gasteiger partial charge in [-0.15, -0.1) is 0 Å². The third kappa shape index (κ3) is 2.81. The van der Waals surface area contributed by atoms with Gasteiger partial charge in [-0.3, -0.25) is 4.68 Å². The summed E-state index contributed by atoms with van der Waals surface area (Å²) < 4.78 is 7.21. The monoisotopic (exact) mass is 293 g/mol. The fourth-order valence-corrected chi connectivity index (χ4v) is 2.52. The van der Waals surface area contributed by atoms with E-state index in [1.54, 1.807) is 7.11 Å². The fraction of sp³-hybridized carbons (Fsp3) is 0.400. The molecule has 1 heterocycles. The van der Waals surface area contributed by atoms with Crippen molar-refractivity contribution in [1.82, 2.24) is 15.1 Å². The van der Waals surface area contributed by atoms with E-state index in [9.17, 15) is 0 Å². The maximum atomic E-state index is 6.09. The van der Waals surface area contributed by atoms with Gasteiger partial charge in [-0.25, -0.2) is 0 Å². The van der Waals surface area contributed by atoms with Crippen LogP contribution in [0.3, 0.4) is 0 Å². The van der Waals surface area contributed by atoms with Crippen molar-refractivity contribution in [3.63, 3.8) is 0 Å². The average Bonchev–Trinajstić information content (AvgIpc) is 2.83. The topological polar surface area (TPSA) is 39.1 Å². The van der Waals surface area contributed by atoms with Crippen molar-refractivity contribution < 1.29 is 4.74 Å². The van der Waals surface area contributed by atoms with Gasteiger partial charge < -0.3 is 10.1 Å². The first-order valence-electron chi connectivity index (χ1n) is 6.64. The Bertz CT molecular complexity index is 595. The molecule has 0 saturated carbocycles. The number of hydrogen-bond acceptors (Lipinski definition) is 3. The van der Waals surface area contributed by atoms with Crippen molar-refractivity contribution in [2.24, 2.45) is 7.05 Å². The van der Waals surface area contributed by atoms with E-state index in [0.29, 0.717) is 10.8 Å². The SMILES string of the molecule is CCc1cc(C(NC)c2ccc(Cl)c(OC)c2)n(C)n1. The highest BCUT2D eigenvalue weighted by molar-refractivity contribution is 6.32. The van der Waals surface area contributed by atoms with E-state index in [1.165, 1.54) is 0 Å². The second-order valence-corrected chi connectivity index (χ2v) is 5.06. The number of nitrogens with one attached hydrogen (secondary N) is 1. The van der Waals surface area contributed by atoms with Crippen LogP contribution in [0.4, 0.5) is 0 Å². The molecule has 0 saturated heterocycles. The first-order valence-corrected chi connectivity index (χ1v) is 7.02. The lowest BCUT2D eigenvalue weighted by Crippen LogP contribution is -2.20. The van der Waals surface area contributed by atoms with Crippen molar-refractivity contribution in [1.29, 1.82) is 0 Å². The molecule has 0 spiro atoms. The number of halogens is 1. The normalized spacial score (nSPS) is 12.4. The number of ether oxygens (including phenoxy) is 1. The van der Waals surface area contributed by atoms with Crippen LogP contribution in [0.25, 0.3) is 0 Å². The van der Waals surface area contributed by atoms with Crippen LogP contribution < -0.4 is 10.1 Å². The average molecular weight is 294 g/mol. The Morgan fingerprint density at radius 2 is 2.15 bits per heavy atom. The summed E-state index contributed by atoms with van der Waals surface area (Å²) in [5.41, 5.74) is 3.30. The maximum Gasteiger partial charge on any atom is 0.137 e. The van der Waals surface area contributed by atoms with E-state index in [2.05, 4.69) is 23.4 Å². The van der Waals surface area contributed by atoms with Crippen molar-refractivity contribution in [3.05, 3.63) is 46.2 Å². The molecule has 0 aliphatic rings. The molecule has 0 radical (unpaired) electrons. The van der Waals surface area contributed by atoms with E-state index >= 15 is 0 Å². The molecule has 20 heavy (non-hydrogen) atoms. The Labute approximate surface area is 124 Å². The lowest BCUT2D eigenvalue weighted by molar-refractivity contribution is 0.414. The Morgan fingerprint density at radius 1 is 1.40 bits per heavy atom.